The van der Waals surface area contributed by atoms with Gasteiger partial charge in [-0.15, -0.1) is 10.2 Å². The van der Waals surface area contributed by atoms with Crippen LogP contribution in [0.4, 0.5) is 15.6 Å². The van der Waals surface area contributed by atoms with E-state index in [4.69, 9.17) is 22.1 Å². The number of carbonyl (C=O) groups is 1. The fraction of sp³-hybridized carbons (Fsp3) is 0.429. The molecule has 3 rings (SSSR count). The Kier molecular flexibility index (Phi) is 5.00. The SMILES string of the molecule is CNc1cc(Cl)ncc1-c1nnc(N2CCC(OC(N)=O)CC2)s1. The fourth-order valence-electron chi connectivity index (χ4n) is 2.59. The maximum atomic E-state index is 10.8. The standard InChI is InChI=1S/C14H17ClN6O2S/c1-17-10-6-11(15)18-7-9(10)12-19-20-14(24-12)21-4-2-8(3-5-21)23-13(16)22/h6-8H,2-5H2,1H3,(H2,16,22)(H,17,18). The number of nitrogens with zero attached hydrogens (tertiary/aromatic N) is 4. The highest BCUT2D eigenvalue weighted by atomic mass is 35.5. The molecule has 10 heteroatoms. The van der Waals surface area contributed by atoms with Crippen molar-refractivity contribution in [2.75, 3.05) is 30.4 Å². The van der Waals surface area contributed by atoms with Crippen molar-refractivity contribution < 1.29 is 9.53 Å². The number of hydrogen-bond acceptors (Lipinski definition) is 8. The second-order valence-electron chi connectivity index (χ2n) is 5.32. The van der Waals surface area contributed by atoms with Gasteiger partial charge < -0.3 is 20.7 Å². The van der Waals surface area contributed by atoms with Gasteiger partial charge in [-0.05, 0) is 6.07 Å². The molecule has 3 heterocycles. The summed E-state index contributed by atoms with van der Waals surface area (Å²) < 4.78 is 5.04. The fourth-order valence-corrected chi connectivity index (χ4v) is 3.67. The molecule has 1 aliphatic rings. The zero-order chi connectivity index (χ0) is 17.1. The Balaban J connectivity index is 1.72. The first-order valence-corrected chi connectivity index (χ1v) is 8.64. The maximum Gasteiger partial charge on any atom is 0.404 e. The highest BCUT2D eigenvalue weighted by molar-refractivity contribution is 7.18. The van der Waals surface area contributed by atoms with Gasteiger partial charge in [0.15, 0.2) is 5.01 Å². The number of pyridine rings is 1. The van der Waals surface area contributed by atoms with Crippen LogP contribution in [0.25, 0.3) is 10.6 Å². The predicted molar refractivity (Wildman–Crippen MR) is 93.6 cm³/mol. The average Bonchev–Trinajstić information content (AvgIpc) is 3.04. The van der Waals surface area contributed by atoms with E-state index < -0.39 is 6.09 Å². The smallest absolute Gasteiger partial charge is 0.404 e. The minimum absolute atomic E-state index is 0.123. The van der Waals surface area contributed by atoms with E-state index in [0.29, 0.717) is 5.15 Å². The lowest BCUT2D eigenvalue weighted by atomic mass is 10.1. The maximum absolute atomic E-state index is 10.8. The van der Waals surface area contributed by atoms with Crippen molar-refractivity contribution in [1.82, 2.24) is 15.2 Å². The summed E-state index contributed by atoms with van der Waals surface area (Å²) in [4.78, 5) is 17.1. The van der Waals surface area contributed by atoms with Crippen molar-refractivity contribution >= 4 is 39.8 Å². The quantitative estimate of drug-likeness (QED) is 0.797. The number of nitrogens with one attached hydrogen (secondary N) is 1. The number of rotatable bonds is 4. The molecule has 128 valence electrons. The summed E-state index contributed by atoms with van der Waals surface area (Å²) in [5, 5.41) is 13.7. The minimum Gasteiger partial charge on any atom is -0.446 e. The topological polar surface area (TPSA) is 106 Å². The molecule has 8 nitrogen and oxygen atoms in total. The Bertz CT molecular complexity index is 732. The monoisotopic (exact) mass is 368 g/mol. The third-order valence-corrected chi connectivity index (χ3v) is 5.00. The second-order valence-corrected chi connectivity index (χ2v) is 6.66. The molecule has 0 bridgehead atoms. The molecular formula is C14H17ClN6O2S. The van der Waals surface area contributed by atoms with Gasteiger partial charge in [0.1, 0.15) is 11.3 Å². The van der Waals surface area contributed by atoms with Crippen LogP contribution in [0.1, 0.15) is 12.8 Å². The molecule has 0 unspecified atom stereocenters. The Morgan fingerprint density at radius 1 is 1.46 bits per heavy atom. The third-order valence-electron chi connectivity index (χ3n) is 3.78. The number of carbonyl (C=O) groups excluding carboxylic acids is 1. The van der Waals surface area contributed by atoms with E-state index in [1.807, 2.05) is 7.05 Å². The van der Waals surface area contributed by atoms with Crippen LogP contribution in [0.2, 0.25) is 5.15 Å². The Morgan fingerprint density at radius 3 is 2.88 bits per heavy atom. The molecule has 2 aromatic heterocycles. The Labute approximate surface area is 148 Å². The first-order valence-electron chi connectivity index (χ1n) is 7.45. The van der Waals surface area contributed by atoms with E-state index in [-0.39, 0.29) is 6.10 Å². The molecule has 2 aromatic rings. The van der Waals surface area contributed by atoms with Gasteiger partial charge in [0.05, 0.1) is 5.56 Å². The van der Waals surface area contributed by atoms with Crippen LogP contribution in [-0.4, -0.2) is 47.5 Å². The highest BCUT2D eigenvalue weighted by Gasteiger charge is 2.24. The summed E-state index contributed by atoms with van der Waals surface area (Å²) in [6.45, 7) is 1.48. The van der Waals surface area contributed by atoms with Gasteiger partial charge in [-0.2, -0.15) is 0 Å². The van der Waals surface area contributed by atoms with Crippen LogP contribution in [0.15, 0.2) is 12.3 Å². The summed E-state index contributed by atoms with van der Waals surface area (Å²) in [6.07, 6.45) is 2.29. The number of halogens is 1. The molecule has 0 radical (unpaired) electrons. The molecule has 0 aliphatic carbocycles. The molecular weight excluding hydrogens is 352 g/mol. The van der Waals surface area contributed by atoms with Gasteiger partial charge in [-0.25, -0.2) is 9.78 Å². The molecule has 0 spiro atoms. The van der Waals surface area contributed by atoms with Crippen molar-refractivity contribution in [2.45, 2.75) is 18.9 Å². The lowest BCUT2D eigenvalue weighted by Crippen LogP contribution is -2.38. The Hall–Kier alpha value is -2.13. The number of anilines is 2. The molecule has 0 saturated carbocycles. The van der Waals surface area contributed by atoms with Crippen LogP contribution in [0.3, 0.4) is 0 Å². The van der Waals surface area contributed by atoms with Crippen LogP contribution in [-0.2, 0) is 4.74 Å². The molecule has 1 amide bonds. The average molecular weight is 369 g/mol. The van der Waals surface area contributed by atoms with Gasteiger partial charge in [0.2, 0.25) is 5.13 Å². The molecule has 1 fully saturated rings. The van der Waals surface area contributed by atoms with Crippen molar-refractivity contribution in [3.05, 3.63) is 17.4 Å². The van der Waals surface area contributed by atoms with Gasteiger partial charge in [-0.3, -0.25) is 0 Å². The van der Waals surface area contributed by atoms with Gasteiger partial charge in [0.25, 0.3) is 0 Å². The van der Waals surface area contributed by atoms with Crippen molar-refractivity contribution in [3.8, 4) is 10.6 Å². The van der Waals surface area contributed by atoms with Crippen LogP contribution in [0, 0.1) is 0 Å². The molecule has 0 aromatic carbocycles. The molecule has 3 N–H and O–H groups in total. The van der Waals surface area contributed by atoms with Gasteiger partial charge in [0, 0.05) is 44.9 Å². The van der Waals surface area contributed by atoms with E-state index in [0.717, 1.165) is 47.3 Å². The third kappa shape index (κ3) is 3.68. The van der Waals surface area contributed by atoms with Gasteiger partial charge >= 0.3 is 6.09 Å². The summed E-state index contributed by atoms with van der Waals surface area (Å²) in [7, 11) is 1.82. The summed E-state index contributed by atoms with van der Waals surface area (Å²) >= 11 is 7.41. The lowest BCUT2D eigenvalue weighted by Gasteiger charge is -2.30. The summed E-state index contributed by atoms with van der Waals surface area (Å²) in [6, 6.07) is 1.75. The normalized spacial score (nSPS) is 15.3. The predicted octanol–water partition coefficient (Wildman–Crippen LogP) is 2.36. The number of ether oxygens (including phenoxy) is 1. The van der Waals surface area contributed by atoms with E-state index in [1.165, 1.54) is 11.3 Å². The van der Waals surface area contributed by atoms with Crippen LogP contribution in [0.5, 0.6) is 0 Å². The van der Waals surface area contributed by atoms with Crippen molar-refractivity contribution in [1.29, 1.82) is 0 Å². The van der Waals surface area contributed by atoms with E-state index in [9.17, 15) is 4.79 Å². The largest absolute Gasteiger partial charge is 0.446 e. The molecule has 24 heavy (non-hydrogen) atoms. The number of aromatic nitrogens is 3. The number of amides is 1. The van der Waals surface area contributed by atoms with E-state index >= 15 is 0 Å². The van der Waals surface area contributed by atoms with E-state index in [1.54, 1.807) is 12.3 Å². The summed E-state index contributed by atoms with van der Waals surface area (Å²) in [5.74, 6) is 0. The van der Waals surface area contributed by atoms with Crippen LogP contribution >= 0.6 is 22.9 Å². The van der Waals surface area contributed by atoms with E-state index in [2.05, 4.69) is 25.4 Å². The zero-order valence-electron chi connectivity index (χ0n) is 13.0. The number of piperidine rings is 1. The number of primary amides is 1. The molecule has 1 saturated heterocycles. The molecule has 1 aliphatic heterocycles. The second kappa shape index (κ2) is 7.18. The lowest BCUT2D eigenvalue weighted by molar-refractivity contribution is 0.0912. The first-order chi connectivity index (χ1) is 11.6. The number of nitrogens with two attached hydrogens (primary N) is 1. The minimum atomic E-state index is -0.721. The zero-order valence-corrected chi connectivity index (χ0v) is 14.6. The molecule has 0 atom stereocenters. The Morgan fingerprint density at radius 2 is 2.21 bits per heavy atom. The number of hydrogen-bond donors (Lipinski definition) is 2. The first kappa shape index (κ1) is 16.7. The van der Waals surface area contributed by atoms with Crippen molar-refractivity contribution in [2.24, 2.45) is 5.73 Å². The van der Waals surface area contributed by atoms with Gasteiger partial charge in [-0.1, -0.05) is 22.9 Å². The summed E-state index contributed by atoms with van der Waals surface area (Å²) in [5.41, 5.74) is 6.77. The highest BCUT2D eigenvalue weighted by Crippen LogP contribution is 2.34. The van der Waals surface area contributed by atoms with Crippen LogP contribution < -0.4 is 16.0 Å². The van der Waals surface area contributed by atoms with Crippen molar-refractivity contribution in [3.63, 3.8) is 0 Å².